The van der Waals surface area contributed by atoms with Gasteiger partial charge in [-0.3, -0.25) is 4.79 Å². The van der Waals surface area contributed by atoms with Crippen LogP contribution in [0.4, 0.5) is 0 Å². The Hall–Kier alpha value is -0.810. The third kappa shape index (κ3) is 2.62. The molecule has 2 aromatic rings. The molecule has 1 aromatic carbocycles. The van der Waals surface area contributed by atoms with E-state index in [0.29, 0.717) is 5.56 Å². The Kier molecular flexibility index (Phi) is 4.12. The highest BCUT2D eigenvalue weighted by atomic mass is 79.9. The smallest absolute Gasteiger partial charge is 0.253 e. The summed E-state index contributed by atoms with van der Waals surface area (Å²) in [5.74, 6) is -0.0372. The van der Waals surface area contributed by atoms with Crippen LogP contribution in [-0.2, 0) is 0 Å². The van der Waals surface area contributed by atoms with Crippen molar-refractivity contribution >= 4 is 48.7 Å². The van der Waals surface area contributed by atoms with Crippen LogP contribution in [0.5, 0.6) is 0 Å². The Morgan fingerprint density at radius 1 is 1.39 bits per heavy atom. The molecule has 0 bridgehead atoms. The predicted molar refractivity (Wildman–Crippen MR) is 80.9 cm³/mol. The van der Waals surface area contributed by atoms with Gasteiger partial charge in [0.15, 0.2) is 0 Å². The summed E-state index contributed by atoms with van der Waals surface area (Å²) in [4.78, 5) is 15.2. The van der Waals surface area contributed by atoms with Gasteiger partial charge >= 0.3 is 0 Å². The van der Waals surface area contributed by atoms with Crippen molar-refractivity contribution in [3.63, 3.8) is 0 Å². The fraction of sp³-hybridized carbons (Fsp3) is 0.308. The van der Waals surface area contributed by atoms with Gasteiger partial charge in [-0.05, 0) is 57.3 Å². The second kappa shape index (κ2) is 5.45. The molecule has 0 aliphatic carbocycles. The summed E-state index contributed by atoms with van der Waals surface area (Å²) in [5, 5.41) is 3.89. The number of benzene rings is 1. The Bertz CT molecular complexity index is 592. The summed E-state index contributed by atoms with van der Waals surface area (Å²) in [6.07, 6.45) is 2.67. The van der Waals surface area contributed by atoms with Crippen LogP contribution >= 0.6 is 31.9 Å². The van der Waals surface area contributed by atoms with Crippen LogP contribution in [0.25, 0.3) is 10.9 Å². The Labute approximate surface area is 123 Å². The van der Waals surface area contributed by atoms with Crippen LogP contribution in [0.1, 0.15) is 30.6 Å². The Morgan fingerprint density at radius 2 is 2.06 bits per heavy atom. The van der Waals surface area contributed by atoms with E-state index in [1.807, 2.05) is 26.0 Å². The number of fused-ring (bicyclic) bond motifs is 1. The Morgan fingerprint density at radius 3 is 2.72 bits per heavy atom. The van der Waals surface area contributed by atoms with Gasteiger partial charge < -0.3 is 10.3 Å². The van der Waals surface area contributed by atoms with Crippen LogP contribution in [0.3, 0.4) is 0 Å². The molecule has 0 aliphatic rings. The van der Waals surface area contributed by atoms with Crippen LogP contribution in [0.2, 0.25) is 0 Å². The number of aromatic amines is 1. The molecule has 5 heteroatoms. The number of carbonyl (C=O) groups is 1. The van der Waals surface area contributed by atoms with Gasteiger partial charge in [-0.25, -0.2) is 0 Å². The summed E-state index contributed by atoms with van der Waals surface area (Å²) in [6.45, 7) is 4.05. The minimum atomic E-state index is -0.0372. The van der Waals surface area contributed by atoms with Crippen LogP contribution in [0, 0.1) is 0 Å². The summed E-state index contributed by atoms with van der Waals surface area (Å²) in [6, 6.07) is 4.09. The third-order valence-corrected chi connectivity index (χ3v) is 4.80. The molecule has 0 aliphatic heterocycles. The fourth-order valence-electron chi connectivity index (χ4n) is 1.71. The molecule has 3 nitrogen and oxygen atoms in total. The van der Waals surface area contributed by atoms with Crippen molar-refractivity contribution in [1.82, 2.24) is 10.3 Å². The molecular formula is C13H14Br2N2O. The normalized spacial score (nSPS) is 12.7. The van der Waals surface area contributed by atoms with E-state index >= 15 is 0 Å². The van der Waals surface area contributed by atoms with Crippen LogP contribution < -0.4 is 5.32 Å². The van der Waals surface area contributed by atoms with Crippen molar-refractivity contribution in [2.75, 3.05) is 0 Å². The third-order valence-electron chi connectivity index (χ3n) is 2.96. The summed E-state index contributed by atoms with van der Waals surface area (Å²) in [5.41, 5.74) is 1.62. The molecule has 1 amide bonds. The number of aromatic nitrogens is 1. The molecule has 1 heterocycles. The summed E-state index contributed by atoms with van der Waals surface area (Å²) in [7, 11) is 0. The van der Waals surface area contributed by atoms with Gasteiger partial charge in [0, 0.05) is 32.1 Å². The monoisotopic (exact) mass is 372 g/mol. The average Bonchev–Trinajstić information content (AvgIpc) is 2.72. The lowest BCUT2D eigenvalue weighted by molar-refractivity contribution is 0.0941. The number of H-pyrrole nitrogens is 1. The molecule has 1 aromatic heterocycles. The van der Waals surface area contributed by atoms with Crippen molar-refractivity contribution in [1.29, 1.82) is 0 Å². The maximum atomic E-state index is 12.1. The van der Waals surface area contributed by atoms with Crippen molar-refractivity contribution in [3.8, 4) is 0 Å². The molecule has 18 heavy (non-hydrogen) atoms. The Balaban J connectivity index is 2.40. The zero-order valence-corrected chi connectivity index (χ0v) is 13.4. The first-order valence-electron chi connectivity index (χ1n) is 5.80. The standard InChI is InChI=1S/C13H14Br2N2O/c1-3-7(2)17-13(18)9-6-16-12-5-11(15)10(14)4-8(9)12/h4-7,16H,3H2,1-2H3,(H,17,18). The van der Waals surface area contributed by atoms with E-state index < -0.39 is 0 Å². The van der Waals surface area contributed by atoms with E-state index in [2.05, 4.69) is 42.2 Å². The average molecular weight is 374 g/mol. The lowest BCUT2D eigenvalue weighted by atomic mass is 10.1. The fourth-order valence-corrected chi connectivity index (χ4v) is 2.39. The van der Waals surface area contributed by atoms with E-state index in [0.717, 1.165) is 26.3 Å². The van der Waals surface area contributed by atoms with Gasteiger partial charge in [0.2, 0.25) is 0 Å². The zero-order valence-electron chi connectivity index (χ0n) is 10.2. The SMILES string of the molecule is CCC(C)NC(=O)c1c[nH]c2cc(Br)c(Br)cc12. The number of carbonyl (C=O) groups excluding carboxylic acids is 1. The van der Waals surface area contributed by atoms with Gasteiger partial charge in [-0.15, -0.1) is 0 Å². The number of hydrogen-bond acceptors (Lipinski definition) is 1. The van der Waals surface area contributed by atoms with Gasteiger partial charge in [-0.1, -0.05) is 6.92 Å². The van der Waals surface area contributed by atoms with Crippen molar-refractivity contribution in [2.24, 2.45) is 0 Å². The van der Waals surface area contributed by atoms with Crippen LogP contribution in [-0.4, -0.2) is 16.9 Å². The quantitative estimate of drug-likeness (QED) is 0.831. The van der Waals surface area contributed by atoms with E-state index in [1.165, 1.54) is 0 Å². The highest BCUT2D eigenvalue weighted by Crippen LogP contribution is 2.30. The van der Waals surface area contributed by atoms with Gasteiger partial charge in [0.25, 0.3) is 5.91 Å². The minimum Gasteiger partial charge on any atom is -0.360 e. The highest BCUT2D eigenvalue weighted by molar-refractivity contribution is 9.13. The number of hydrogen-bond donors (Lipinski definition) is 2. The van der Waals surface area contributed by atoms with Gasteiger partial charge in [0.05, 0.1) is 5.56 Å². The maximum Gasteiger partial charge on any atom is 0.253 e. The molecular weight excluding hydrogens is 360 g/mol. The van der Waals surface area contributed by atoms with E-state index in [-0.39, 0.29) is 11.9 Å². The molecule has 1 unspecified atom stereocenters. The van der Waals surface area contributed by atoms with E-state index in [1.54, 1.807) is 6.20 Å². The lowest BCUT2D eigenvalue weighted by Crippen LogP contribution is -2.31. The molecule has 0 fully saturated rings. The second-order valence-electron chi connectivity index (χ2n) is 4.30. The maximum absolute atomic E-state index is 12.1. The molecule has 96 valence electrons. The molecule has 1 atom stereocenters. The number of rotatable bonds is 3. The first kappa shape index (κ1) is 13.6. The van der Waals surface area contributed by atoms with Crippen molar-refractivity contribution < 1.29 is 4.79 Å². The molecule has 0 saturated carbocycles. The van der Waals surface area contributed by atoms with Gasteiger partial charge in [0.1, 0.15) is 0 Å². The molecule has 2 rings (SSSR count). The minimum absolute atomic E-state index is 0.0372. The molecule has 0 saturated heterocycles. The largest absolute Gasteiger partial charge is 0.360 e. The first-order chi connectivity index (χ1) is 8.52. The predicted octanol–water partition coefficient (Wildman–Crippen LogP) is 4.22. The summed E-state index contributed by atoms with van der Waals surface area (Å²) >= 11 is 6.90. The van der Waals surface area contributed by atoms with E-state index in [9.17, 15) is 4.79 Å². The zero-order chi connectivity index (χ0) is 13.3. The van der Waals surface area contributed by atoms with Crippen molar-refractivity contribution in [3.05, 3.63) is 32.8 Å². The molecule has 0 radical (unpaired) electrons. The second-order valence-corrected chi connectivity index (χ2v) is 6.01. The van der Waals surface area contributed by atoms with Crippen molar-refractivity contribution in [2.45, 2.75) is 26.3 Å². The number of nitrogens with one attached hydrogen (secondary N) is 2. The number of halogens is 2. The number of amides is 1. The van der Waals surface area contributed by atoms with Gasteiger partial charge in [-0.2, -0.15) is 0 Å². The summed E-state index contributed by atoms with van der Waals surface area (Å²) < 4.78 is 1.90. The topological polar surface area (TPSA) is 44.9 Å². The highest BCUT2D eigenvalue weighted by Gasteiger charge is 2.14. The van der Waals surface area contributed by atoms with Crippen LogP contribution in [0.15, 0.2) is 27.3 Å². The first-order valence-corrected chi connectivity index (χ1v) is 7.38. The molecule has 0 spiro atoms. The molecule has 2 N–H and O–H groups in total. The lowest BCUT2D eigenvalue weighted by Gasteiger charge is -2.10. The van der Waals surface area contributed by atoms with E-state index in [4.69, 9.17) is 0 Å².